The summed E-state index contributed by atoms with van der Waals surface area (Å²) < 4.78 is 7.81. The fourth-order valence-corrected chi connectivity index (χ4v) is 3.73. The first kappa shape index (κ1) is 22.1. The van der Waals surface area contributed by atoms with Gasteiger partial charge in [-0.25, -0.2) is 4.98 Å². The van der Waals surface area contributed by atoms with Crippen LogP contribution in [0.25, 0.3) is 0 Å². The molecule has 2 heterocycles. The van der Waals surface area contributed by atoms with Crippen LogP contribution in [-0.4, -0.2) is 31.4 Å². The first-order chi connectivity index (χ1) is 14.5. The van der Waals surface area contributed by atoms with Crippen molar-refractivity contribution < 1.29 is 9.53 Å². The van der Waals surface area contributed by atoms with Gasteiger partial charge in [0.05, 0.1) is 11.4 Å². The molecule has 3 aromatic rings. The van der Waals surface area contributed by atoms with Crippen molar-refractivity contribution in [3.05, 3.63) is 59.1 Å². The zero-order chi connectivity index (χ0) is 21.5. The minimum atomic E-state index is -0.191. The summed E-state index contributed by atoms with van der Waals surface area (Å²) in [5, 5.41) is 12.1. The monoisotopic (exact) mass is 445 g/mol. The summed E-state index contributed by atoms with van der Waals surface area (Å²) >= 11 is 7.28. The SMILES string of the molecule is CCn1c(COc2ccc(C(C)C)cc2)nnc1SCC(=O)Nc1cccnc1Cl. The maximum Gasteiger partial charge on any atom is 0.234 e. The normalized spacial score (nSPS) is 11.0. The van der Waals surface area contributed by atoms with Gasteiger partial charge in [0.2, 0.25) is 5.91 Å². The van der Waals surface area contributed by atoms with Crippen LogP contribution in [0.4, 0.5) is 5.69 Å². The van der Waals surface area contributed by atoms with Gasteiger partial charge in [-0.2, -0.15) is 0 Å². The van der Waals surface area contributed by atoms with E-state index in [2.05, 4.69) is 46.5 Å². The summed E-state index contributed by atoms with van der Waals surface area (Å²) in [4.78, 5) is 16.2. The van der Waals surface area contributed by atoms with Crippen LogP contribution in [0.3, 0.4) is 0 Å². The maximum absolute atomic E-state index is 12.2. The van der Waals surface area contributed by atoms with Crippen molar-refractivity contribution in [2.24, 2.45) is 0 Å². The molecule has 0 atom stereocenters. The molecular formula is C21H24ClN5O2S. The molecule has 0 fully saturated rings. The number of amides is 1. The Morgan fingerprint density at radius 2 is 2.00 bits per heavy atom. The molecule has 1 N–H and O–H groups in total. The number of hydrogen-bond donors (Lipinski definition) is 1. The molecule has 158 valence electrons. The van der Waals surface area contributed by atoms with Gasteiger partial charge in [0.1, 0.15) is 12.4 Å². The molecule has 7 nitrogen and oxygen atoms in total. The Morgan fingerprint density at radius 1 is 1.23 bits per heavy atom. The van der Waals surface area contributed by atoms with Crippen molar-refractivity contribution >= 4 is 35.0 Å². The lowest BCUT2D eigenvalue weighted by Crippen LogP contribution is -2.15. The molecule has 1 amide bonds. The number of rotatable bonds is 9. The smallest absolute Gasteiger partial charge is 0.234 e. The average molecular weight is 446 g/mol. The third-order valence-electron chi connectivity index (χ3n) is 4.39. The highest BCUT2D eigenvalue weighted by Crippen LogP contribution is 2.22. The number of aromatic nitrogens is 4. The summed E-state index contributed by atoms with van der Waals surface area (Å²) in [6, 6.07) is 11.5. The molecule has 0 aliphatic carbocycles. The van der Waals surface area contributed by atoms with E-state index in [4.69, 9.17) is 16.3 Å². The Balaban J connectivity index is 1.57. The largest absolute Gasteiger partial charge is 0.486 e. The number of ether oxygens (including phenoxy) is 1. The second-order valence-electron chi connectivity index (χ2n) is 6.83. The number of benzene rings is 1. The third kappa shape index (κ3) is 5.73. The minimum Gasteiger partial charge on any atom is -0.486 e. The van der Waals surface area contributed by atoms with E-state index in [9.17, 15) is 4.79 Å². The lowest BCUT2D eigenvalue weighted by molar-refractivity contribution is -0.113. The molecule has 2 aromatic heterocycles. The van der Waals surface area contributed by atoms with E-state index in [-0.39, 0.29) is 16.8 Å². The van der Waals surface area contributed by atoms with E-state index in [1.54, 1.807) is 18.3 Å². The zero-order valence-corrected chi connectivity index (χ0v) is 18.7. The van der Waals surface area contributed by atoms with Crippen molar-refractivity contribution in [1.82, 2.24) is 19.7 Å². The Hall–Kier alpha value is -2.58. The highest BCUT2D eigenvalue weighted by Gasteiger charge is 2.14. The number of nitrogens with one attached hydrogen (secondary N) is 1. The molecule has 0 saturated heterocycles. The van der Waals surface area contributed by atoms with E-state index in [0.29, 0.717) is 35.7 Å². The van der Waals surface area contributed by atoms with Gasteiger partial charge in [0.15, 0.2) is 16.1 Å². The van der Waals surface area contributed by atoms with Crippen LogP contribution < -0.4 is 10.1 Å². The zero-order valence-electron chi connectivity index (χ0n) is 17.1. The second kappa shape index (κ2) is 10.4. The van der Waals surface area contributed by atoms with E-state index < -0.39 is 0 Å². The standard InChI is InChI=1S/C21H24ClN5O2S/c1-4-27-18(12-29-16-9-7-15(8-10-16)14(2)3)25-26-21(27)30-13-19(28)24-17-6-5-11-23-20(17)22/h5-11,14H,4,12-13H2,1-3H3,(H,24,28). The van der Waals surface area contributed by atoms with Crippen molar-refractivity contribution in [3.8, 4) is 5.75 Å². The van der Waals surface area contributed by atoms with Gasteiger partial charge in [-0.3, -0.25) is 4.79 Å². The van der Waals surface area contributed by atoms with Crippen LogP contribution in [0.5, 0.6) is 5.75 Å². The summed E-state index contributed by atoms with van der Waals surface area (Å²) in [5.74, 6) is 1.97. The molecule has 9 heteroatoms. The molecule has 0 bridgehead atoms. The topological polar surface area (TPSA) is 81.9 Å². The van der Waals surface area contributed by atoms with Gasteiger partial charge in [-0.1, -0.05) is 49.3 Å². The molecule has 0 spiro atoms. The quantitative estimate of drug-likeness (QED) is 0.377. The number of pyridine rings is 1. The van der Waals surface area contributed by atoms with Crippen molar-refractivity contribution in [2.45, 2.75) is 45.0 Å². The maximum atomic E-state index is 12.2. The van der Waals surface area contributed by atoms with E-state index in [1.165, 1.54) is 17.3 Å². The van der Waals surface area contributed by atoms with Crippen molar-refractivity contribution in [2.75, 3.05) is 11.1 Å². The highest BCUT2D eigenvalue weighted by molar-refractivity contribution is 7.99. The number of halogens is 1. The van der Waals surface area contributed by atoms with Crippen LogP contribution in [0.15, 0.2) is 47.8 Å². The molecule has 0 aliphatic rings. The molecule has 0 unspecified atom stereocenters. The number of nitrogens with zero attached hydrogens (tertiary/aromatic N) is 4. The van der Waals surface area contributed by atoms with Gasteiger partial charge >= 0.3 is 0 Å². The molecule has 3 rings (SSSR count). The number of thioether (sulfide) groups is 1. The van der Waals surface area contributed by atoms with Gasteiger partial charge < -0.3 is 14.6 Å². The van der Waals surface area contributed by atoms with Gasteiger partial charge in [-0.15, -0.1) is 10.2 Å². The van der Waals surface area contributed by atoms with E-state index in [1.807, 2.05) is 23.6 Å². The highest BCUT2D eigenvalue weighted by atomic mass is 35.5. The van der Waals surface area contributed by atoms with Crippen molar-refractivity contribution in [1.29, 1.82) is 0 Å². The number of carbonyl (C=O) groups is 1. The molecule has 0 saturated carbocycles. The van der Waals surface area contributed by atoms with E-state index in [0.717, 1.165) is 5.75 Å². The predicted molar refractivity (Wildman–Crippen MR) is 119 cm³/mol. The predicted octanol–water partition coefficient (Wildman–Crippen LogP) is 4.78. The molecule has 30 heavy (non-hydrogen) atoms. The van der Waals surface area contributed by atoms with Gasteiger partial charge in [-0.05, 0) is 42.7 Å². The van der Waals surface area contributed by atoms with Crippen LogP contribution in [0.1, 0.15) is 38.1 Å². The lowest BCUT2D eigenvalue weighted by Gasteiger charge is -2.10. The Bertz CT molecular complexity index is 991. The molecule has 1 aromatic carbocycles. The summed E-state index contributed by atoms with van der Waals surface area (Å²) in [6.45, 7) is 7.30. The summed E-state index contributed by atoms with van der Waals surface area (Å²) in [5.41, 5.74) is 1.75. The fraction of sp³-hybridized carbons (Fsp3) is 0.333. The Labute approximate surface area is 185 Å². The molecular weight excluding hydrogens is 422 g/mol. The summed E-state index contributed by atoms with van der Waals surface area (Å²) in [7, 11) is 0. The molecule has 0 aliphatic heterocycles. The number of anilines is 1. The van der Waals surface area contributed by atoms with Gasteiger partial charge in [0.25, 0.3) is 0 Å². The first-order valence-corrected chi connectivity index (χ1v) is 11.0. The van der Waals surface area contributed by atoms with Crippen molar-refractivity contribution in [3.63, 3.8) is 0 Å². The molecule has 0 radical (unpaired) electrons. The third-order valence-corrected chi connectivity index (χ3v) is 5.66. The number of carbonyl (C=O) groups excluding carboxylic acids is 1. The minimum absolute atomic E-state index is 0.181. The first-order valence-electron chi connectivity index (χ1n) is 9.66. The Morgan fingerprint density at radius 3 is 2.67 bits per heavy atom. The average Bonchev–Trinajstić information content (AvgIpc) is 3.14. The Kier molecular flexibility index (Phi) is 7.70. The number of hydrogen-bond acceptors (Lipinski definition) is 6. The van der Waals surface area contributed by atoms with Crippen LogP contribution in [0.2, 0.25) is 5.15 Å². The lowest BCUT2D eigenvalue weighted by atomic mass is 10.0. The van der Waals surface area contributed by atoms with Gasteiger partial charge in [0, 0.05) is 12.7 Å². The second-order valence-corrected chi connectivity index (χ2v) is 8.13. The summed E-state index contributed by atoms with van der Waals surface area (Å²) in [6.07, 6.45) is 1.57. The fourth-order valence-electron chi connectivity index (χ4n) is 2.74. The van der Waals surface area contributed by atoms with Crippen LogP contribution in [-0.2, 0) is 17.9 Å². The van der Waals surface area contributed by atoms with E-state index >= 15 is 0 Å². The van der Waals surface area contributed by atoms with Crippen LogP contribution in [0, 0.1) is 0 Å². The van der Waals surface area contributed by atoms with Crippen LogP contribution >= 0.6 is 23.4 Å².